The van der Waals surface area contributed by atoms with E-state index in [9.17, 15) is 4.79 Å². The first-order valence-corrected chi connectivity index (χ1v) is 5.76. The van der Waals surface area contributed by atoms with Crippen molar-refractivity contribution in [2.75, 3.05) is 13.6 Å². The zero-order valence-electron chi connectivity index (χ0n) is 9.84. The summed E-state index contributed by atoms with van der Waals surface area (Å²) >= 11 is 0. The number of carbonyl (C=O) groups is 1. The maximum Gasteiger partial charge on any atom is 0.244 e. The van der Waals surface area contributed by atoms with Gasteiger partial charge in [0.2, 0.25) is 5.91 Å². The van der Waals surface area contributed by atoms with Crippen LogP contribution in [0.5, 0.6) is 0 Å². The van der Waals surface area contributed by atoms with Gasteiger partial charge in [0.05, 0.1) is 5.69 Å². The Morgan fingerprint density at radius 3 is 2.88 bits per heavy atom. The molecule has 0 unspecified atom stereocenters. The molecule has 0 aliphatic carbocycles. The Labute approximate surface area is 101 Å². The molecule has 0 bridgehead atoms. The normalized spacial score (nSPS) is 19.8. The lowest BCUT2D eigenvalue weighted by molar-refractivity contribution is -0.125. The fourth-order valence-corrected chi connectivity index (χ4v) is 1.90. The SMILES string of the molecule is CNC(=O)[C@@H]1CCCN1N=Nc1ccccc1. The summed E-state index contributed by atoms with van der Waals surface area (Å²) in [6.07, 6.45) is 1.82. The molecule has 0 radical (unpaired) electrons. The minimum absolute atomic E-state index is 0.00881. The predicted octanol–water partition coefficient (Wildman–Crippen LogP) is 1.90. The van der Waals surface area contributed by atoms with E-state index in [0.717, 1.165) is 25.1 Å². The minimum Gasteiger partial charge on any atom is -0.357 e. The molecule has 1 aliphatic heterocycles. The van der Waals surface area contributed by atoms with Gasteiger partial charge in [-0.05, 0) is 25.0 Å². The van der Waals surface area contributed by atoms with Gasteiger partial charge in [-0.15, -0.1) is 5.11 Å². The smallest absolute Gasteiger partial charge is 0.244 e. The summed E-state index contributed by atoms with van der Waals surface area (Å²) in [5, 5.41) is 12.7. The van der Waals surface area contributed by atoms with Crippen molar-refractivity contribution in [3.63, 3.8) is 0 Å². The molecule has 0 spiro atoms. The van der Waals surface area contributed by atoms with E-state index in [1.807, 2.05) is 30.3 Å². The van der Waals surface area contributed by atoms with E-state index < -0.39 is 0 Å². The van der Waals surface area contributed by atoms with Gasteiger partial charge >= 0.3 is 0 Å². The highest BCUT2D eigenvalue weighted by atomic mass is 16.2. The molecule has 2 rings (SSSR count). The van der Waals surface area contributed by atoms with E-state index in [1.165, 1.54) is 0 Å². The highest BCUT2D eigenvalue weighted by molar-refractivity contribution is 5.81. The third-order valence-corrected chi connectivity index (χ3v) is 2.80. The number of amides is 1. The Hall–Kier alpha value is -1.91. The van der Waals surface area contributed by atoms with Crippen molar-refractivity contribution in [2.45, 2.75) is 18.9 Å². The maximum atomic E-state index is 11.6. The predicted molar refractivity (Wildman–Crippen MR) is 64.8 cm³/mol. The standard InChI is InChI=1S/C12H16N4O/c1-13-12(17)11-8-5-9-16(11)15-14-10-6-3-2-4-7-10/h2-4,6-7,11H,5,8-9H2,1H3,(H,13,17)/t11-/m0/s1. The molecule has 1 amide bonds. The zero-order valence-corrected chi connectivity index (χ0v) is 9.84. The number of rotatable bonds is 3. The molecule has 0 aromatic heterocycles. The Balaban J connectivity index is 2.03. The number of hydrogen-bond donors (Lipinski definition) is 1. The summed E-state index contributed by atoms with van der Waals surface area (Å²) in [7, 11) is 1.65. The molecular weight excluding hydrogens is 216 g/mol. The molecular formula is C12H16N4O. The fourth-order valence-electron chi connectivity index (χ4n) is 1.90. The maximum absolute atomic E-state index is 11.6. The van der Waals surface area contributed by atoms with E-state index in [1.54, 1.807) is 12.1 Å². The van der Waals surface area contributed by atoms with Crippen LogP contribution in [0, 0.1) is 0 Å². The molecule has 1 fully saturated rings. The number of likely N-dealkylation sites (N-methyl/N-ethyl adjacent to an activating group) is 1. The van der Waals surface area contributed by atoms with Crippen LogP contribution < -0.4 is 5.32 Å². The van der Waals surface area contributed by atoms with Crippen LogP contribution in [0.25, 0.3) is 0 Å². The van der Waals surface area contributed by atoms with Crippen molar-refractivity contribution < 1.29 is 4.79 Å². The van der Waals surface area contributed by atoms with E-state index in [-0.39, 0.29) is 11.9 Å². The Kier molecular flexibility index (Phi) is 3.69. The Morgan fingerprint density at radius 1 is 1.41 bits per heavy atom. The van der Waals surface area contributed by atoms with Crippen LogP contribution in [-0.2, 0) is 4.79 Å². The van der Waals surface area contributed by atoms with Gasteiger partial charge in [0.15, 0.2) is 0 Å². The van der Waals surface area contributed by atoms with Gasteiger partial charge in [-0.1, -0.05) is 23.4 Å². The number of hydrogen-bond acceptors (Lipinski definition) is 3. The number of nitrogens with one attached hydrogen (secondary N) is 1. The van der Waals surface area contributed by atoms with Crippen LogP contribution in [0.1, 0.15) is 12.8 Å². The first-order valence-electron chi connectivity index (χ1n) is 5.76. The van der Waals surface area contributed by atoms with Crippen LogP contribution in [-0.4, -0.2) is 30.6 Å². The van der Waals surface area contributed by atoms with E-state index in [2.05, 4.69) is 15.7 Å². The van der Waals surface area contributed by atoms with Crippen LogP contribution in [0.4, 0.5) is 5.69 Å². The summed E-state index contributed by atoms with van der Waals surface area (Å²) in [6, 6.07) is 9.35. The third-order valence-electron chi connectivity index (χ3n) is 2.80. The monoisotopic (exact) mass is 232 g/mol. The van der Waals surface area contributed by atoms with Crippen LogP contribution in [0.2, 0.25) is 0 Å². The number of nitrogens with zero attached hydrogens (tertiary/aromatic N) is 3. The Morgan fingerprint density at radius 2 is 2.18 bits per heavy atom. The minimum atomic E-state index is -0.174. The van der Waals surface area contributed by atoms with E-state index in [4.69, 9.17) is 0 Å². The average Bonchev–Trinajstić information content (AvgIpc) is 2.85. The quantitative estimate of drug-likeness (QED) is 0.809. The van der Waals surface area contributed by atoms with Gasteiger partial charge < -0.3 is 5.32 Å². The van der Waals surface area contributed by atoms with Gasteiger partial charge in [-0.2, -0.15) is 0 Å². The molecule has 1 aromatic carbocycles. The number of benzene rings is 1. The molecule has 5 nitrogen and oxygen atoms in total. The van der Waals surface area contributed by atoms with Crippen molar-refractivity contribution in [1.82, 2.24) is 10.3 Å². The molecule has 1 saturated heterocycles. The molecule has 17 heavy (non-hydrogen) atoms. The van der Waals surface area contributed by atoms with Gasteiger partial charge in [-0.25, -0.2) is 0 Å². The second kappa shape index (κ2) is 5.43. The molecule has 1 aliphatic rings. The highest BCUT2D eigenvalue weighted by Gasteiger charge is 2.29. The molecule has 1 aromatic rings. The average molecular weight is 232 g/mol. The van der Waals surface area contributed by atoms with Crippen molar-refractivity contribution in [3.8, 4) is 0 Å². The lowest BCUT2D eigenvalue weighted by Gasteiger charge is -2.17. The second-order valence-corrected chi connectivity index (χ2v) is 3.96. The lowest BCUT2D eigenvalue weighted by Crippen LogP contribution is -2.39. The van der Waals surface area contributed by atoms with Crippen LogP contribution in [0.3, 0.4) is 0 Å². The van der Waals surface area contributed by atoms with Crippen molar-refractivity contribution in [3.05, 3.63) is 30.3 Å². The highest BCUT2D eigenvalue weighted by Crippen LogP contribution is 2.19. The fraction of sp³-hybridized carbons (Fsp3) is 0.417. The Bertz CT molecular complexity index is 404. The first-order chi connectivity index (χ1) is 8.31. The molecule has 90 valence electrons. The first kappa shape index (κ1) is 11.6. The van der Waals surface area contributed by atoms with Gasteiger partial charge in [0.1, 0.15) is 6.04 Å². The second-order valence-electron chi connectivity index (χ2n) is 3.96. The molecule has 1 heterocycles. The molecule has 1 N–H and O–H groups in total. The summed E-state index contributed by atoms with van der Waals surface area (Å²) in [4.78, 5) is 11.6. The largest absolute Gasteiger partial charge is 0.357 e. The van der Waals surface area contributed by atoms with Gasteiger partial charge in [-0.3, -0.25) is 9.80 Å². The van der Waals surface area contributed by atoms with Crippen LogP contribution >= 0.6 is 0 Å². The van der Waals surface area contributed by atoms with E-state index >= 15 is 0 Å². The van der Waals surface area contributed by atoms with Gasteiger partial charge in [0.25, 0.3) is 0 Å². The summed E-state index contributed by atoms with van der Waals surface area (Å²) < 4.78 is 0. The van der Waals surface area contributed by atoms with Crippen LogP contribution in [0.15, 0.2) is 40.7 Å². The zero-order chi connectivity index (χ0) is 12.1. The number of carbonyl (C=O) groups excluding carboxylic acids is 1. The lowest BCUT2D eigenvalue weighted by atomic mass is 10.2. The van der Waals surface area contributed by atoms with Crippen molar-refractivity contribution in [1.29, 1.82) is 0 Å². The molecule has 5 heteroatoms. The molecule has 0 saturated carbocycles. The topological polar surface area (TPSA) is 57.1 Å². The molecule has 1 atom stereocenters. The van der Waals surface area contributed by atoms with Gasteiger partial charge in [0, 0.05) is 13.6 Å². The summed E-state index contributed by atoms with van der Waals surface area (Å²) in [6.45, 7) is 0.786. The van der Waals surface area contributed by atoms with Crippen molar-refractivity contribution >= 4 is 11.6 Å². The van der Waals surface area contributed by atoms with E-state index in [0.29, 0.717) is 0 Å². The summed E-state index contributed by atoms with van der Waals surface area (Å²) in [5.74, 6) is 0.00881. The summed E-state index contributed by atoms with van der Waals surface area (Å²) in [5.41, 5.74) is 0.801. The third kappa shape index (κ3) is 2.81. The van der Waals surface area contributed by atoms with Crippen molar-refractivity contribution in [2.24, 2.45) is 10.3 Å².